The van der Waals surface area contributed by atoms with Gasteiger partial charge in [0.1, 0.15) is 11.5 Å². The zero-order valence-electron chi connectivity index (χ0n) is 9.35. The Balaban J connectivity index is 0.00000256. The van der Waals surface area contributed by atoms with Crippen molar-refractivity contribution in [3.8, 4) is 0 Å². The number of carbonyl (C=O) groups is 1. The fourth-order valence-electron chi connectivity index (χ4n) is 0.842. The molecule has 84 valence electrons. The molecule has 1 N–H and O–H groups in total. The summed E-state index contributed by atoms with van der Waals surface area (Å²) in [7, 11) is 0. The van der Waals surface area contributed by atoms with Crippen LogP contribution in [0, 0.1) is 5.82 Å². The molecular formula is C10H8FN2NaO3. The van der Waals surface area contributed by atoms with E-state index in [0.717, 1.165) is 6.07 Å². The first-order valence-corrected chi connectivity index (χ1v) is 4.29. The summed E-state index contributed by atoms with van der Waals surface area (Å²) >= 11 is 0. The van der Waals surface area contributed by atoms with Crippen molar-refractivity contribution in [2.45, 2.75) is 6.92 Å². The van der Waals surface area contributed by atoms with Crippen molar-refractivity contribution in [1.29, 1.82) is 0 Å². The third kappa shape index (κ3) is 5.08. The second-order valence-corrected chi connectivity index (χ2v) is 2.91. The van der Waals surface area contributed by atoms with Crippen molar-refractivity contribution in [1.82, 2.24) is 0 Å². The summed E-state index contributed by atoms with van der Waals surface area (Å²) in [6, 6.07) is 4.90. The molecule has 0 aromatic heterocycles. The largest absolute Gasteiger partial charge is 1.00 e. The Kier molecular flexibility index (Phi) is 6.64. The SMILES string of the molecule is C/C(=N\N=C([O-])c1cccc(F)c1)C(=O)O.[Na+]. The fourth-order valence-corrected chi connectivity index (χ4v) is 0.842. The predicted molar refractivity (Wildman–Crippen MR) is 53.7 cm³/mol. The molecule has 1 aromatic rings. The maximum Gasteiger partial charge on any atom is 1.00 e. The predicted octanol–water partition coefficient (Wildman–Crippen LogP) is -2.60. The smallest absolute Gasteiger partial charge is 0.857 e. The van der Waals surface area contributed by atoms with E-state index in [1.54, 1.807) is 0 Å². The molecule has 0 fully saturated rings. The van der Waals surface area contributed by atoms with E-state index >= 15 is 0 Å². The maximum absolute atomic E-state index is 12.7. The van der Waals surface area contributed by atoms with Gasteiger partial charge in [-0.25, -0.2) is 9.18 Å². The number of halogens is 1. The summed E-state index contributed by atoms with van der Waals surface area (Å²) in [5, 5.41) is 26.1. The van der Waals surface area contributed by atoms with Crippen LogP contribution < -0.4 is 34.7 Å². The minimum Gasteiger partial charge on any atom is -0.857 e. The zero-order chi connectivity index (χ0) is 12.1. The van der Waals surface area contributed by atoms with E-state index in [2.05, 4.69) is 10.2 Å². The van der Waals surface area contributed by atoms with Crippen LogP contribution in [0.15, 0.2) is 34.5 Å². The van der Waals surface area contributed by atoms with Crippen LogP contribution in [0.25, 0.3) is 0 Å². The van der Waals surface area contributed by atoms with Crippen molar-refractivity contribution in [2.24, 2.45) is 10.2 Å². The molecule has 0 atom stereocenters. The molecular weight excluding hydrogens is 238 g/mol. The molecule has 0 saturated carbocycles. The van der Waals surface area contributed by atoms with Gasteiger partial charge in [-0.2, -0.15) is 5.10 Å². The number of rotatable bonds is 3. The Morgan fingerprint density at radius 3 is 2.59 bits per heavy atom. The second kappa shape index (κ2) is 7.16. The molecule has 1 rings (SSSR count). The molecule has 1 aromatic carbocycles. The van der Waals surface area contributed by atoms with Crippen molar-refractivity contribution >= 4 is 17.6 Å². The van der Waals surface area contributed by atoms with Crippen LogP contribution in [0.5, 0.6) is 0 Å². The minimum atomic E-state index is -1.27. The Hall–Kier alpha value is -1.24. The molecule has 17 heavy (non-hydrogen) atoms. The molecule has 7 heteroatoms. The normalized spacial score (nSPS) is 11.9. The minimum absolute atomic E-state index is 0. The average molecular weight is 246 g/mol. The van der Waals surface area contributed by atoms with Crippen LogP contribution in [0.1, 0.15) is 12.5 Å². The molecule has 0 radical (unpaired) electrons. The molecule has 0 heterocycles. The molecule has 0 aliphatic rings. The van der Waals surface area contributed by atoms with E-state index in [9.17, 15) is 14.3 Å². The van der Waals surface area contributed by atoms with E-state index in [4.69, 9.17) is 5.11 Å². The van der Waals surface area contributed by atoms with Gasteiger partial charge < -0.3 is 10.2 Å². The molecule has 0 saturated heterocycles. The number of aliphatic carboxylic acids is 1. The molecule has 0 spiro atoms. The summed E-state index contributed by atoms with van der Waals surface area (Å²) < 4.78 is 12.7. The maximum atomic E-state index is 12.7. The standard InChI is InChI=1S/C10H9FN2O3.Na/c1-6(10(15)16)12-13-9(14)7-3-2-4-8(11)5-7;/h2-5H,1H3,(H,13,14)(H,15,16);/q;+1/p-1/b12-6+;. The van der Waals surface area contributed by atoms with E-state index in [1.807, 2.05) is 0 Å². The first-order valence-electron chi connectivity index (χ1n) is 4.29. The molecule has 0 aliphatic heterocycles. The molecule has 0 aliphatic carbocycles. The summed E-state index contributed by atoms with van der Waals surface area (Å²) in [5.74, 6) is -2.63. The van der Waals surface area contributed by atoms with Crippen LogP contribution in [-0.2, 0) is 4.79 Å². The molecule has 5 nitrogen and oxygen atoms in total. The average Bonchev–Trinajstić information content (AvgIpc) is 2.25. The van der Waals surface area contributed by atoms with Crippen LogP contribution in [-0.4, -0.2) is 22.7 Å². The first-order chi connectivity index (χ1) is 7.50. The summed E-state index contributed by atoms with van der Waals surface area (Å²) in [5.41, 5.74) is -0.299. The summed E-state index contributed by atoms with van der Waals surface area (Å²) in [6.07, 6.45) is 0. The van der Waals surface area contributed by atoms with Gasteiger partial charge in [0.25, 0.3) is 0 Å². The van der Waals surface area contributed by atoms with Gasteiger partial charge in [-0.1, -0.05) is 12.1 Å². The van der Waals surface area contributed by atoms with E-state index in [-0.39, 0.29) is 40.8 Å². The zero-order valence-corrected chi connectivity index (χ0v) is 11.3. The Morgan fingerprint density at radius 1 is 1.41 bits per heavy atom. The summed E-state index contributed by atoms with van der Waals surface area (Å²) in [4.78, 5) is 10.3. The van der Waals surface area contributed by atoms with Gasteiger partial charge in [0, 0.05) is 5.90 Å². The number of nitrogens with zero attached hydrogens (tertiary/aromatic N) is 2. The molecule has 0 unspecified atom stereocenters. The van der Waals surface area contributed by atoms with E-state index < -0.39 is 17.7 Å². The number of benzene rings is 1. The Labute approximate surface area is 119 Å². The fraction of sp³-hybridized carbons (Fsp3) is 0.100. The quantitative estimate of drug-likeness (QED) is 0.274. The van der Waals surface area contributed by atoms with Crippen LogP contribution >= 0.6 is 0 Å². The number of hydrogen-bond acceptors (Lipinski definition) is 4. The van der Waals surface area contributed by atoms with E-state index in [1.165, 1.54) is 25.1 Å². The molecule has 0 bridgehead atoms. The Bertz CT molecular complexity index is 474. The van der Waals surface area contributed by atoms with E-state index in [0.29, 0.717) is 0 Å². The van der Waals surface area contributed by atoms with Gasteiger partial charge in [-0.15, -0.1) is 5.10 Å². The number of carboxylic acids is 1. The van der Waals surface area contributed by atoms with Crippen molar-refractivity contribution in [2.75, 3.05) is 0 Å². The number of hydrogen-bond donors (Lipinski definition) is 1. The Morgan fingerprint density at radius 2 is 2.06 bits per heavy atom. The number of carboxylic acid groups (broad SMARTS) is 1. The third-order valence-electron chi connectivity index (χ3n) is 1.67. The van der Waals surface area contributed by atoms with Gasteiger partial charge in [-0.3, -0.25) is 0 Å². The van der Waals surface area contributed by atoms with Gasteiger partial charge in [0.15, 0.2) is 0 Å². The van der Waals surface area contributed by atoms with Crippen LogP contribution in [0.3, 0.4) is 0 Å². The first kappa shape index (κ1) is 15.8. The van der Waals surface area contributed by atoms with Gasteiger partial charge in [0.05, 0.1) is 0 Å². The van der Waals surface area contributed by atoms with Gasteiger partial charge >= 0.3 is 35.5 Å². The van der Waals surface area contributed by atoms with Crippen LogP contribution in [0.4, 0.5) is 4.39 Å². The second-order valence-electron chi connectivity index (χ2n) is 2.91. The monoisotopic (exact) mass is 246 g/mol. The topological polar surface area (TPSA) is 85.1 Å². The van der Waals surface area contributed by atoms with Crippen LogP contribution in [0.2, 0.25) is 0 Å². The third-order valence-corrected chi connectivity index (χ3v) is 1.67. The van der Waals surface area contributed by atoms with Crippen molar-refractivity contribution in [3.05, 3.63) is 35.6 Å². The van der Waals surface area contributed by atoms with Gasteiger partial charge in [0.2, 0.25) is 0 Å². The van der Waals surface area contributed by atoms with Gasteiger partial charge in [-0.05, 0) is 24.6 Å². The molecule has 0 amide bonds. The van der Waals surface area contributed by atoms with Crippen molar-refractivity contribution < 1.29 is 49.0 Å². The van der Waals surface area contributed by atoms with Crippen molar-refractivity contribution in [3.63, 3.8) is 0 Å². The summed E-state index contributed by atoms with van der Waals surface area (Å²) in [6.45, 7) is 1.20.